The van der Waals surface area contributed by atoms with Crippen LogP contribution in [0.2, 0.25) is 5.02 Å². The van der Waals surface area contributed by atoms with Crippen LogP contribution in [0.15, 0.2) is 53.9 Å². The highest BCUT2D eigenvalue weighted by Gasteiger charge is 2.11. The lowest BCUT2D eigenvalue weighted by Gasteiger charge is -2.12. The van der Waals surface area contributed by atoms with Gasteiger partial charge in [0.15, 0.2) is 11.5 Å². The molecule has 1 aromatic heterocycles. The maximum atomic E-state index is 13.2. The Morgan fingerprint density at radius 1 is 1.34 bits per heavy atom. The maximum Gasteiger partial charge on any atom is 0.307 e. The van der Waals surface area contributed by atoms with E-state index in [0.717, 1.165) is 17.1 Å². The zero-order valence-electron chi connectivity index (χ0n) is 16.7. The second-order valence-corrected chi connectivity index (χ2v) is 6.79. The molecule has 1 heterocycles. The van der Waals surface area contributed by atoms with Crippen LogP contribution in [-0.4, -0.2) is 33.9 Å². The van der Waals surface area contributed by atoms with E-state index in [4.69, 9.17) is 21.1 Å². The molecule has 1 amide bonds. The van der Waals surface area contributed by atoms with Crippen molar-refractivity contribution in [1.82, 2.24) is 15.2 Å². The quantitative estimate of drug-likeness (QED) is 0.296. The van der Waals surface area contributed by atoms with E-state index >= 15 is 0 Å². The number of hydrogen-bond acceptors (Lipinski definition) is 7. The van der Waals surface area contributed by atoms with E-state index in [1.165, 1.54) is 31.5 Å². The van der Waals surface area contributed by atoms with E-state index in [-0.39, 0.29) is 23.9 Å². The number of hydrazone groups is 1. The van der Waals surface area contributed by atoms with Crippen molar-refractivity contribution < 1.29 is 23.6 Å². The van der Waals surface area contributed by atoms with Crippen LogP contribution in [0.3, 0.4) is 0 Å². The highest BCUT2D eigenvalue weighted by molar-refractivity contribution is 6.31. The molecular formula is C20H17ClFN5O5. The minimum Gasteiger partial charge on any atom is -0.493 e. The van der Waals surface area contributed by atoms with E-state index in [0.29, 0.717) is 22.6 Å². The summed E-state index contributed by atoms with van der Waals surface area (Å²) in [6.45, 7) is -0.113. The Kier molecular flexibility index (Phi) is 7.34. The Morgan fingerprint density at radius 2 is 2.16 bits per heavy atom. The second-order valence-electron chi connectivity index (χ2n) is 6.38. The molecule has 10 nitrogen and oxygen atoms in total. The fourth-order valence-corrected chi connectivity index (χ4v) is 2.79. The summed E-state index contributed by atoms with van der Waals surface area (Å²) >= 11 is 6.01. The van der Waals surface area contributed by atoms with Crippen LogP contribution in [0.5, 0.6) is 11.5 Å². The normalized spacial score (nSPS) is 10.8. The monoisotopic (exact) mass is 461 g/mol. The van der Waals surface area contributed by atoms with Gasteiger partial charge in [-0.3, -0.25) is 19.6 Å². The van der Waals surface area contributed by atoms with Gasteiger partial charge in [-0.05, 0) is 35.9 Å². The number of ether oxygens (including phenoxy) is 2. The summed E-state index contributed by atoms with van der Waals surface area (Å²) in [4.78, 5) is 21.9. The number of nitrogens with one attached hydrogen (secondary N) is 1. The van der Waals surface area contributed by atoms with Crippen LogP contribution in [0.25, 0.3) is 0 Å². The first-order valence-electron chi connectivity index (χ1n) is 9.09. The first-order chi connectivity index (χ1) is 15.4. The molecule has 32 heavy (non-hydrogen) atoms. The molecule has 166 valence electrons. The van der Waals surface area contributed by atoms with Gasteiger partial charge in [-0.1, -0.05) is 17.7 Å². The van der Waals surface area contributed by atoms with Gasteiger partial charge in [0.25, 0.3) is 5.91 Å². The average Bonchev–Trinajstić information content (AvgIpc) is 3.22. The van der Waals surface area contributed by atoms with Gasteiger partial charge < -0.3 is 9.47 Å². The van der Waals surface area contributed by atoms with E-state index in [2.05, 4.69) is 15.6 Å². The van der Waals surface area contributed by atoms with Crippen molar-refractivity contribution in [2.45, 2.75) is 13.2 Å². The number of carbonyl (C=O) groups is 1. The zero-order chi connectivity index (χ0) is 23.1. The number of hydrogen-bond donors (Lipinski definition) is 1. The van der Waals surface area contributed by atoms with Crippen molar-refractivity contribution in [1.29, 1.82) is 0 Å². The van der Waals surface area contributed by atoms with Gasteiger partial charge in [0.1, 0.15) is 31.4 Å². The number of benzene rings is 2. The van der Waals surface area contributed by atoms with E-state index in [9.17, 15) is 19.3 Å². The van der Waals surface area contributed by atoms with Gasteiger partial charge in [-0.25, -0.2) is 9.82 Å². The predicted octanol–water partition coefficient (Wildman–Crippen LogP) is 3.32. The number of rotatable bonds is 9. The lowest BCUT2D eigenvalue weighted by molar-refractivity contribution is -0.385. The summed E-state index contributed by atoms with van der Waals surface area (Å²) in [6, 6.07) is 9.03. The largest absolute Gasteiger partial charge is 0.493 e. The number of nitro groups is 1. The SMILES string of the molecule is COc1cc(C=NNC(=O)Cn2cc([N+](=O)[O-])cn2)ccc1OCc1ccc(F)cc1Cl. The van der Waals surface area contributed by atoms with Gasteiger partial charge in [-0.15, -0.1) is 0 Å². The van der Waals surface area contributed by atoms with Gasteiger partial charge in [0.05, 0.1) is 23.3 Å². The molecule has 0 unspecified atom stereocenters. The molecule has 0 saturated carbocycles. The van der Waals surface area contributed by atoms with Crippen LogP contribution in [0.1, 0.15) is 11.1 Å². The minimum absolute atomic E-state index is 0.116. The van der Waals surface area contributed by atoms with Crippen LogP contribution < -0.4 is 14.9 Å². The lowest BCUT2D eigenvalue weighted by atomic mass is 10.2. The molecule has 0 saturated heterocycles. The molecule has 3 aromatic rings. The van der Waals surface area contributed by atoms with Crippen molar-refractivity contribution >= 4 is 29.4 Å². The topological polar surface area (TPSA) is 121 Å². The number of carbonyl (C=O) groups excluding carboxylic acids is 1. The first kappa shape index (κ1) is 22.7. The molecular weight excluding hydrogens is 445 g/mol. The molecule has 0 bridgehead atoms. The Labute approximate surface area is 186 Å². The summed E-state index contributed by atoms with van der Waals surface area (Å²) in [6.07, 6.45) is 3.59. The third-order valence-electron chi connectivity index (χ3n) is 4.12. The molecule has 0 aliphatic carbocycles. The molecule has 2 aromatic carbocycles. The molecule has 0 fully saturated rings. The number of aromatic nitrogens is 2. The summed E-state index contributed by atoms with van der Waals surface area (Å²) in [7, 11) is 1.47. The summed E-state index contributed by atoms with van der Waals surface area (Å²) in [5.41, 5.74) is 3.33. The Morgan fingerprint density at radius 3 is 2.84 bits per heavy atom. The first-order valence-corrected chi connectivity index (χ1v) is 9.47. The molecule has 3 rings (SSSR count). The lowest BCUT2D eigenvalue weighted by Crippen LogP contribution is -2.23. The summed E-state index contributed by atoms with van der Waals surface area (Å²) in [5, 5.41) is 18.5. The van der Waals surface area contributed by atoms with Crippen molar-refractivity contribution in [2.75, 3.05) is 7.11 Å². The Hall–Kier alpha value is -3.99. The van der Waals surface area contributed by atoms with Crippen LogP contribution in [0.4, 0.5) is 10.1 Å². The fraction of sp³-hybridized carbons (Fsp3) is 0.150. The van der Waals surface area contributed by atoms with E-state index in [1.807, 2.05) is 0 Å². The maximum absolute atomic E-state index is 13.2. The minimum atomic E-state index is -0.603. The molecule has 0 aliphatic rings. The molecule has 0 atom stereocenters. The van der Waals surface area contributed by atoms with Crippen LogP contribution in [0, 0.1) is 15.9 Å². The average molecular weight is 462 g/mol. The third-order valence-corrected chi connectivity index (χ3v) is 4.48. The van der Waals surface area contributed by atoms with Gasteiger partial charge in [-0.2, -0.15) is 10.2 Å². The molecule has 12 heteroatoms. The Bertz CT molecular complexity index is 1170. The van der Waals surface area contributed by atoms with Crippen molar-refractivity contribution in [3.05, 3.63) is 80.9 Å². The zero-order valence-corrected chi connectivity index (χ0v) is 17.5. The van der Waals surface area contributed by atoms with Gasteiger partial charge in [0, 0.05) is 5.56 Å². The van der Waals surface area contributed by atoms with Crippen molar-refractivity contribution in [3.63, 3.8) is 0 Å². The molecule has 0 radical (unpaired) electrons. The second kappa shape index (κ2) is 10.4. The molecule has 0 aliphatic heterocycles. The molecule has 1 N–H and O–H groups in total. The summed E-state index contributed by atoms with van der Waals surface area (Å²) in [5.74, 6) is -0.0861. The standard InChI is InChI=1S/C20H17ClFN5O5/c1-31-19-6-13(2-5-18(19)32-12-14-3-4-15(22)7-17(14)21)8-23-25-20(28)11-26-10-16(9-24-26)27(29)30/h2-10H,11-12H2,1H3,(H,25,28). The van der Waals surface area contributed by atoms with E-state index < -0.39 is 16.6 Å². The summed E-state index contributed by atoms with van der Waals surface area (Å²) < 4.78 is 25.3. The predicted molar refractivity (Wildman–Crippen MR) is 113 cm³/mol. The number of methoxy groups -OCH3 is 1. The van der Waals surface area contributed by atoms with Crippen molar-refractivity contribution in [3.8, 4) is 11.5 Å². The number of nitrogens with zero attached hydrogens (tertiary/aromatic N) is 4. The smallest absolute Gasteiger partial charge is 0.307 e. The van der Waals surface area contributed by atoms with Crippen LogP contribution >= 0.6 is 11.6 Å². The van der Waals surface area contributed by atoms with E-state index in [1.54, 1.807) is 18.2 Å². The Balaban J connectivity index is 1.57. The highest BCUT2D eigenvalue weighted by Crippen LogP contribution is 2.29. The van der Waals surface area contributed by atoms with Crippen molar-refractivity contribution in [2.24, 2.45) is 5.10 Å². The van der Waals surface area contributed by atoms with Gasteiger partial charge in [0.2, 0.25) is 0 Å². The fourth-order valence-electron chi connectivity index (χ4n) is 2.57. The molecule has 0 spiro atoms. The highest BCUT2D eigenvalue weighted by atomic mass is 35.5. The third kappa shape index (κ3) is 6.01. The van der Waals surface area contributed by atoms with Crippen LogP contribution in [-0.2, 0) is 17.9 Å². The number of halogens is 2. The van der Waals surface area contributed by atoms with Gasteiger partial charge >= 0.3 is 5.69 Å². The number of amides is 1.